The minimum Gasteiger partial charge on any atom is -0.316 e. The van der Waals surface area contributed by atoms with Crippen LogP contribution in [0.15, 0.2) is 18.2 Å². The third kappa shape index (κ3) is 5.02. The molecular weight excluding hydrogens is 295 g/mol. The number of hydrogen-bond acceptors (Lipinski definition) is 3. The average molecular weight is 311 g/mol. The van der Waals surface area contributed by atoms with Crippen molar-refractivity contribution in [1.29, 1.82) is 0 Å². The predicted octanol–water partition coefficient (Wildman–Crippen LogP) is 2.73. The lowest BCUT2D eigenvalue weighted by molar-refractivity contribution is 0.595. The number of rotatable bonds is 7. The van der Waals surface area contributed by atoms with Gasteiger partial charge in [0.05, 0.1) is 21.5 Å². The molecule has 1 aromatic carbocycles. The average Bonchev–Trinajstić information content (AvgIpc) is 2.31. The van der Waals surface area contributed by atoms with Gasteiger partial charge in [0.1, 0.15) is 0 Å². The fraction of sp³-hybridized carbons (Fsp3) is 0.455. The third-order valence-electron chi connectivity index (χ3n) is 2.19. The molecule has 0 spiro atoms. The lowest BCUT2D eigenvalue weighted by Crippen LogP contribution is -2.27. The van der Waals surface area contributed by atoms with Gasteiger partial charge in [-0.05, 0) is 25.1 Å². The van der Waals surface area contributed by atoms with E-state index < -0.39 is 10.0 Å². The summed E-state index contributed by atoms with van der Waals surface area (Å²) in [6.45, 7) is 3.22. The van der Waals surface area contributed by atoms with Crippen LogP contribution in [0.2, 0.25) is 10.0 Å². The zero-order chi connectivity index (χ0) is 13.6. The van der Waals surface area contributed by atoms with Crippen molar-refractivity contribution in [3.05, 3.63) is 28.2 Å². The molecule has 2 N–H and O–H groups in total. The van der Waals surface area contributed by atoms with E-state index in [4.69, 9.17) is 23.2 Å². The van der Waals surface area contributed by atoms with E-state index in [1.165, 1.54) is 0 Å². The Kier molecular flexibility index (Phi) is 6.21. The maximum absolute atomic E-state index is 11.8. The fourth-order valence-corrected chi connectivity index (χ4v) is 2.73. The molecule has 4 nitrogen and oxygen atoms in total. The second kappa shape index (κ2) is 7.19. The van der Waals surface area contributed by atoms with Gasteiger partial charge in [-0.3, -0.25) is 4.72 Å². The second-order valence-corrected chi connectivity index (χ2v) is 6.40. The highest BCUT2D eigenvalue weighted by Gasteiger charge is 2.13. The maximum atomic E-state index is 11.8. The Balaban J connectivity index is 2.62. The second-order valence-electron chi connectivity index (χ2n) is 3.77. The van der Waals surface area contributed by atoms with E-state index in [1.807, 2.05) is 6.92 Å². The van der Waals surface area contributed by atoms with Gasteiger partial charge < -0.3 is 5.32 Å². The monoisotopic (exact) mass is 310 g/mol. The van der Waals surface area contributed by atoms with Crippen molar-refractivity contribution < 1.29 is 8.42 Å². The van der Waals surface area contributed by atoms with Crippen LogP contribution in [-0.4, -0.2) is 27.3 Å². The first-order chi connectivity index (χ1) is 8.46. The molecule has 0 amide bonds. The largest absolute Gasteiger partial charge is 0.316 e. The number of halogens is 2. The van der Waals surface area contributed by atoms with Crippen molar-refractivity contribution in [2.45, 2.75) is 13.3 Å². The number of anilines is 1. The Morgan fingerprint density at radius 2 is 1.94 bits per heavy atom. The Labute approximate surface area is 118 Å². The van der Waals surface area contributed by atoms with Crippen LogP contribution in [-0.2, 0) is 10.0 Å². The van der Waals surface area contributed by atoms with E-state index in [-0.39, 0.29) is 10.8 Å². The summed E-state index contributed by atoms with van der Waals surface area (Å²) >= 11 is 11.7. The molecule has 0 atom stereocenters. The highest BCUT2D eigenvalue weighted by molar-refractivity contribution is 7.92. The molecule has 0 radical (unpaired) electrons. The minimum absolute atomic E-state index is 0.00412. The SMILES string of the molecule is CCCNCCS(=O)(=O)Nc1cccc(Cl)c1Cl. The Hall–Kier alpha value is -0.490. The van der Waals surface area contributed by atoms with E-state index in [0.29, 0.717) is 17.3 Å². The molecule has 7 heteroatoms. The zero-order valence-electron chi connectivity index (χ0n) is 10.0. The van der Waals surface area contributed by atoms with Crippen molar-refractivity contribution >= 4 is 38.9 Å². The Morgan fingerprint density at radius 3 is 2.61 bits per heavy atom. The molecule has 0 aliphatic heterocycles. The van der Waals surface area contributed by atoms with E-state index >= 15 is 0 Å². The summed E-state index contributed by atoms with van der Waals surface area (Å²) in [5, 5.41) is 3.56. The molecular formula is C11H16Cl2N2O2S. The Bertz CT molecular complexity index is 492. The summed E-state index contributed by atoms with van der Waals surface area (Å²) < 4.78 is 26.0. The normalized spacial score (nSPS) is 11.5. The van der Waals surface area contributed by atoms with Crippen LogP contribution in [0.5, 0.6) is 0 Å². The molecule has 0 fully saturated rings. The van der Waals surface area contributed by atoms with Crippen molar-refractivity contribution in [3.63, 3.8) is 0 Å². The van der Waals surface area contributed by atoms with Crippen LogP contribution in [0.1, 0.15) is 13.3 Å². The molecule has 0 aliphatic carbocycles. The first kappa shape index (κ1) is 15.6. The van der Waals surface area contributed by atoms with E-state index in [9.17, 15) is 8.42 Å². The number of sulfonamides is 1. The fourth-order valence-electron chi connectivity index (χ4n) is 1.31. The summed E-state index contributed by atoms with van der Waals surface area (Å²) in [5.74, 6) is -0.00412. The topological polar surface area (TPSA) is 58.2 Å². The van der Waals surface area contributed by atoms with Gasteiger partial charge in [0, 0.05) is 6.54 Å². The van der Waals surface area contributed by atoms with E-state index in [1.54, 1.807) is 18.2 Å². The van der Waals surface area contributed by atoms with Gasteiger partial charge in [0.25, 0.3) is 0 Å². The van der Waals surface area contributed by atoms with Gasteiger partial charge in [0.15, 0.2) is 0 Å². The van der Waals surface area contributed by atoms with Crippen LogP contribution in [0, 0.1) is 0 Å². The number of nitrogens with one attached hydrogen (secondary N) is 2. The first-order valence-electron chi connectivity index (χ1n) is 5.61. The van der Waals surface area contributed by atoms with Gasteiger partial charge in [-0.25, -0.2) is 8.42 Å². The van der Waals surface area contributed by atoms with Crippen LogP contribution in [0.4, 0.5) is 5.69 Å². The van der Waals surface area contributed by atoms with Gasteiger partial charge in [-0.1, -0.05) is 36.2 Å². The van der Waals surface area contributed by atoms with Crippen molar-refractivity contribution in [2.24, 2.45) is 0 Å². The van der Waals surface area contributed by atoms with Crippen molar-refractivity contribution in [2.75, 3.05) is 23.6 Å². The molecule has 0 bridgehead atoms. The number of benzene rings is 1. The zero-order valence-corrected chi connectivity index (χ0v) is 12.4. The molecule has 0 aliphatic rings. The van der Waals surface area contributed by atoms with Crippen LogP contribution in [0.3, 0.4) is 0 Å². The predicted molar refractivity (Wildman–Crippen MR) is 77.0 cm³/mol. The van der Waals surface area contributed by atoms with Gasteiger partial charge in [-0.2, -0.15) is 0 Å². The molecule has 18 heavy (non-hydrogen) atoms. The molecule has 0 unspecified atom stereocenters. The van der Waals surface area contributed by atoms with Crippen molar-refractivity contribution in [1.82, 2.24) is 5.32 Å². The van der Waals surface area contributed by atoms with Crippen LogP contribution >= 0.6 is 23.2 Å². The van der Waals surface area contributed by atoms with E-state index in [2.05, 4.69) is 10.0 Å². The molecule has 1 aromatic rings. The summed E-state index contributed by atoms with van der Waals surface area (Å²) in [6, 6.07) is 4.82. The molecule has 0 aromatic heterocycles. The van der Waals surface area contributed by atoms with Gasteiger partial charge >= 0.3 is 0 Å². The highest BCUT2D eigenvalue weighted by atomic mass is 35.5. The number of hydrogen-bond donors (Lipinski definition) is 2. The Morgan fingerprint density at radius 1 is 1.22 bits per heavy atom. The third-order valence-corrected chi connectivity index (χ3v) is 4.28. The van der Waals surface area contributed by atoms with E-state index in [0.717, 1.165) is 13.0 Å². The smallest absolute Gasteiger partial charge is 0.234 e. The van der Waals surface area contributed by atoms with Crippen molar-refractivity contribution in [3.8, 4) is 0 Å². The van der Waals surface area contributed by atoms with Gasteiger partial charge in [-0.15, -0.1) is 0 Å². The molecule has 102 valence electrons. The van der Waals surface area contributed by atoms with Gasteiger partial charge in [0.2, 0.25) is 10.0 Å². The summed E-state index contributed by atoms with van der Waals surface area (Å²) in [5.41, 5.74) is 0.305. The maximum Gasteiger partial charge on any atom is 0.234 e. The molecule has 0 saturated heterocycles. The summed E-state index contributed by atoms with van der Waals surface area (Å²) in [7, 11) is -3.41. The lowest BCUT2D eigenvalue weighted by Gasteiger charge is -2.10. The summed E-state index contributed by atoms with van der Waals surface area (Å²) in [4.78, 5) is 0. The van der Waals surface area contributed by atoms with Crippen LogP contribution < -0.4 is 10.0 Å². The quantitative estimate of drug-likeness (QED) is 0.761. The highest BCUT2D eigenvalue weighted by Crippen LogP contribution is 2.30. The molecule has 1 rings (SSSR count). The lowest BCUT2D eigenvalue weighted by atomic mass is 10.3. The standard InChI is InChI=1S/C11H16Cl2N2O2S/c1-2-6-14-7-8-18(16,17)15-10-5-3-4-9(12)11(10)13/h3-5,14-15H,2,6-8H2,1H3. The molecule has 0 heterocycles. The molecule has 0 saturated carbocycles. The first-order valence-corrected chi connectivity index (χ1v) is 8.02. The minimum atomic E-state index is -3.41. The summed E-state index contributed by atoms with van der Waals surface area (Å²) in [6.07, 6.45) is 0.966. The van der Waals surface area contributed by atoms with Crippen LogP contribution in [0.25, 0.3) is 0 Å².